The highest BCUT2D eigenvalue weighted by molar-refractivity contribution is 4.75. The first-order valence-electron chi connectivity index (χ1n) is 4.11. The molecule has 0 aromatic rings. The molecule has 0 aliphatic carbocycles. The molecule has 3 N–H and O–H groups in total. The average molecular weight is 227 g/mol. The topological polar surface area (TPSA) is 107 Å². The zero-order chi connectivity index (χ0) is 11.6. The van der Waals surface area contributed by atoms with Crippen LogP contribution in [-0.2, 0) is 24.9 Å². The van der Waals surface area contributed by atoms with Crippen molar-refractivity contribution in [3.63, 3.8) is 0 Å². The Hall–Kier alpha value is -0.320. The fraction of sp³-hybridized carbons (Fsp3) is 0.857. The predicted octanol–water partition coefficient (Wildman–Crippen LogP) is -1.47. The molecule has 0 aromatic heterocycles. The highest BCUT2D eigenvalue weighted by Crippen LogP contribution is 2.15. The van der Waals surface area contributed by atoms with Crippen LogP contribution in [0.5, 0.6) is 0 Å². The minimum absolute atomic E-state index is 0.0111. The van der Waals surface area contributed by atoms with Crippen LogP contribution in [0.15, 0.2) is 0 Å². The molecule has 0 amide bonds. The third-order valence-corrected chi connectivity index (χ3v) is 1.61. The molecule has 0 saturated carbocycles. The first-order chi connectivity index (χ1) is 7.24. The molecule has 91 valence electrons. The van der Waals surface area contributed by atoms with Gasteiger partial charge in [-0.25, -0.2) is 9.78 Å². The number of aliphatic hydroxyl groups is 3. The van der Waals surface area contributed by atoms with Gasteiger partial charge in [-0.15, -0.1) is 0 Å². The van der Waals surface area contributed by atoms with Crippen molar-refractivity contribution in [3.8, 4) is 0 Å². The van der Waals surface area contributed by atoms with Crippen molar-refractivity contribution in [3.05, 3.63) is 6.92 Å². The summed E-state index contributed by atoms with van der Waals surface area (Å²) in [6.07, 6.45) is 0. The lowest BCUT2D eigenvalue weighted by Crippen LogP contribution is -2.38. The summed E-state index contributed by atoms with van der Waals surface area (Å²) in [5.41, 5.74) is -1.20. The van der Waals surface area contributed by atoms with Crippen molar-refractivity contribution in [1.82, 2.24) is 0 Å². The Bertz CT molecular complexity index is 129. The molecule has 0 spiro atoms. The molecule has 0 fully saturated rings. The van der Waals surface area contributed by atoms with E-state index in [0.717, 1.165) is 0 Å². The van der Waals surface area contributed by atoms with Gasteiger partial charge >= 0.3 is 0 Å². The summed E-state index contributed by atoms with van der Waals surface area (Å²) in [4.78, 5) is 8.55. The standard InChI is InChI=1S/C7H15O8/c1-2-11-13-15-14-12-6-7(3-8,4-9)5-10/h8-10H,1-6H2. The first kappa shape index (κ1) is 14.7. The highest BCUT2D eigenvalue weighted by Gasteiger charge is 2.29. The number of aliphatic hydroxyl groups excluding tert-OH is 3. The second-order valence-electron chi connectivity index (χ2n) is 2.76. The summed E-state index contributed by atoms with van der Waals surface area (Å²) in [7, 11) is 0. The van der Waals surface area contributed by atoms with E-state index < -0.39 is 25.2 Å². The molecule has 0 bridgehead atoms. The average Bonchev–Trinajstić information content (AvgIpc) is 2.29. The number of hydrogen-bond acceptors (Lipinski definition) is 8. The number of rotatable bonds is 10. The Morgan fingerprint density at radius 3 is 1.87 bits per heavy atom. The van der Waals surface area contributed by atoms with Crippen LogP contribution in [0, 0.1) is 12.3 Å². The monoisotopic (exact) mass is 227 g/mol. The second-order valence-corrected chi connectivity index (χ2v) is 2.76. The Morgan fingerprint density at radius 2 is 1.40 bits per heavy atom. The van der Waals surface area contributed by atoms with Crippen LogP contribution in [0.4, 0.5) is 0 Å². The molecular weight excluding hydrogens is 212 g/mol. The third-order valence-electron chi connectivity index (χ3n) is 1.61. The van der Waals surface area contributed by atoms with E-state index in [9.17, 15) is 0 Å². The summed E-state index contributed by atoms with van der Waals surface area (Å²) >= 11 is 0. The van der Waals surface area contributed by atoms with Gasteiger partial charge in [0.25, 0.3) is 0 Å². The van der Waals surface area contributed by atoms with Crippen LogP contribution in [0.1, 0.15) is 0 Å². The summed E-state index contributed by atoms with van der Waals surface area (Å²) in [6.45, 7) is 1.57. The molecule has 0 unspecified atom stereocenters. The lowest BCUT2D eigenvalue weighted by atomic mass is 9.93. The van der Waals surface area contributed by atoms with Gasteiger partial charge in [0.1, 0.15) is 0 Å². The molecule has 0 aliphatic rings. The lowest BCUT2D eigenvalue weighted by molar-refractivity contribution is -0.709. The third kappa shape index (κ3) is 5.97. The maximum Gasteiger partial charge on any atom is 0.0977 e. The van der Waals surface area contributed by atoms with Crippen LogP contribution in [0.3, 0.4) is 0 Å². The van der Waals surface area contributed by atoms with Gasteiger partial charge in [0.2, 0.25) is 0 Å². The molecule has 1 radical (unpaired) electrons. The molecule has 0 aliphatic heterocycles. The molecule has 0 aromatic carbocycles. The fourth-order valence-corrected chi connectivity index (χ4v) is 0.521. The van der Waals surface area contributed by atoms with Gasteiger partial charge in [0.15, 0.2) is 0 Å². The minimum Gasteiger partial charge on any atom is -0.396 e. The molecule has 8 heteroatoms. The van der Waals surface area contributed by atoms with E-state index in [-0.39, 0.29) is 13.2 Å². The highest BCUT2D eigenvalue weighted by atomic mass is 17.8. The van der Waals surface area contributed by atoms with Crippen LogP contribution in [0.25, 0.3) is 0 Å². The molecular formula is C7H15O8. The van der Waals surface area contributed by atoms with Gasteiger partial charge in [-0.3, -0.25) is 0 Å². The van der Waals surface area contributed by atoms with Gasteiger partial charge in [0, 0.05) is 0 Å². The van der Waals surface area contributed by atoms with Crippen molar-refractivity contribution in [2.75, 3.05) is 33.0 Å². The van der Waals surface area contributed by atoms with Crippen LogP contribution in [0.2, 0.25) is 0 Å². The summed E-state index contributed by atoms with van der Waals surface area (Å²) in [5, 5.41) is 38.3. The maximum absolute atomic E-state index is 8.86. The summed E-state index contributed by atoms with van der Waals surface area (Å²) < 4.78 is 0. The quantitative estimate of drug-likeness (QED) is 0.236. The largest absolute Gasteiger partial charge is 0.396 e. The normalized spacial score (nSPS) is 12.0. The van der Waals surface area contributed by atoms with E-state index in [0.29, 0.717) is 0 Å². The van der Waals surface area contributed by atoms with E-state index >= 15 is 0 Å². The van der Waals surface area contributed by atoms with E-state index in [4.69, 9.17) is 15.3 Å². The molecule has 0 atom stereocenters. The van der Waals surface area contributed by atoms with Crippen molar-refractivity contribution in [1.29, 1.82) is 0 Å². The van der Waals surface area contributed by atoms with Crippen LogP contribution < -0.4 is 0 Å². The van der Waals surface area contributed by atoms with Crippen LogP contribution in [-0.4, -0.2) is 48.4 Å². The summed E-state index contributed by atoms with van der Waals surface area (Å²) in [6, 6.07) is 0. The molecule has 8 nitrogen and oxygen atoms in total. The number of hydrogen-bond donors (Lipinski definition) is 3. The maximum atomic E-state index is 8.86. The predicted molar refractivity (Wildman–Crippen MR) is 44.2 cm³/mol. The first-order valence-corrected chi connectivity index (χ1v) is 4.11. The molecule has 0 rings (SSSR count). The zero-order valence-corrected chi connectivity index (χ0v) is 8.13. The van der Waals surface area contributed by atoms with E-state index in [1.54, 1.807) is 0 Å². The van der Waals surface area contributed by atoms with Gasteiger partial charge in [0.05, 0.1) is 38.4 Å². The van der Waals surface area contributed by atoms with Crippen molar-refractivity contribution < 1.29 is 40.2 Å². The lowest BCUT2D eigenvalue weighted by Gasteiger charge is -2.25. The fourth-order valence-electron chi connectivity index (χ4n) is 0.521. The SMILES string of the molecule is [CH2]COOOOOCC(CO)(CO)CO. The minimum atomic E-state index is -1.20. The Balaban J connectivity index is 3.54. The molecule has 15 heavy (non-hydrogen) atoms. The Labute approximate surface area is 86.6 Å². The van der Waals surface area contributed by atoms with Gasteiger partial charge in [-0.2, -0.15) is 0 Å². The van der Waals surface area contributed by atoms with Crippen molar-refractivity contribution in [2.24, 2.45) is 5.41 Å². The summed E-state index contributed by atoms with van der Waals surface area (Å²) in [5.74, 6) is 0. The van der Waals surface area contributed by atoms with Gasteiger partial charge in [-0.05, 0) is 22.0 Å². The molecule has 0 heterocycles. The van der Waals surface area contributed by atoms with Crippen molar-refractivity contribution >= 4 is 0 Å². The van der Waals surface area contributed by atoms with Gasteiger partial charge in [-0.1, -0.05) is 0 Å². The second kappa shape index (κ2) is 8.95. The zero-order valence-electron chi connectivity index (χ0n) is 8.13. The van der Waals surface area contributed by atoms with E-state index in [1.165, 1.54) is 0 Å². The van der Waals surface area contributed by atoms with Crippen molar-refractivity contribution in [2.45, 2.75) is 0 Å². The molecule has 0 saturated heterocycles. The Kier molecular flexibility index (Phi) is 8.76. The van der Waals surface area contributed by atoms with E-state index in [1.807, 2.05) is 0 Å². The van der Waals surface area contributed by atoms with Crippen LogP contribution >= 0.6 is 0 Å². The van der Waals surface area contributed by atoms with Gasteiger partial charge < -0.3 is 15.3 Å². The smallest absolute Gasteiger partial charge is 0.0977 e. The Morgan fingerprint density at radius 1 is 0.867 bits per heavy atom. The van der Waals surface area contributed by atoms with E-state index in [2.05, 4.69) is 31.8 Å².